The molecule has 1 heterocycles. The Hall–Kier alpha value is -3.31. The molecule has 3 N–H and O–H groups in total. The predicted octanol–water partition coefficient (Wildman–Crippen LogP) is 8.27. The Morgan fingerprint density at radius 3 is 2.00 bits per heavy atom. The fourth-order valence-corrected chi connectivity index (χ4v) is 5.00. The topological polar surface area (TPSA) is 81.0 Å². The molecule has 0 radical (unpaired) electrons. The number of allylic oxidation sites excluding steroid dienone is 4. The third kappa shape index (κ3) is 10.1. The van der Waals surface area contributed by atoms with Crippen molar-refractivity contribution in [2.24, 2.45) is 5.92 Å². The van der Waals surface area contributed by atoms with Crippen molar-refractivity contribution in [2.45, 2.75) is 91.2 Å². The molecule has 1 aliphatic heterocycles. The first kappa shape index (κ1) is 31.9. The number of phenols is 1. The monoisotopic (exact) mass is 533 g/mol. The third-order valence-corrected chi connectivity index (χ3v) is 7.15. The second kappa shape index (κ2) is 17.3. The summed E-state index contributed by atoms with van der Waals surface area (Å²) in [7, 11) is 0. The van der Waals surface area contributed by atoms with Crippen molar-refractivity contribution in [2.75, 3.05) is 4.90 Å². The number of aliphatic hydroxyl groups is 2. The molecule has 3 aliphatic rings. The highest BCUT2D eigenvalue weighted by molar-refractivity contribution is 6.02. The second-order valence-electron chi connectivity index (χ2n) is 9.90. The van der Waals surface area contributed by atoms with Gasteiger partial charge in [0.25, 0.3) is 0 Å². The number of carbonyl (C=O) groups is 1. The zero-order valence-electron chi connectivity index (χ0n) is 24.1. The van der Waals surface area contributed by atoms with E-state index in [0.717, 1.165) is 29.7 Å². The first-order valence-corrected chi connectivity index (χ1v) is 14.5. The summed E-state index contributed by atoms with van der Waals surface area (Å²) >= 11 is 0. The lowest BCUT2D eigenvalue weighted by Crippen LogP contribution is -2.54. The number of nitrogens with zero attached hydrogens (tertiary/aromatic N) is 1. The number of hydrogen-bond donors (Lipinski definition) is 3. The average Bonchev–Trinajstić information content (AvgIpc) is 3.13. The Morgan fingerprint density at radius 1 is 0.897 bits per heavy atom. The molecule has 2 aliphatic carbocycles. The molecule has 1 saturated heterocycles. The maximum Gasteiger partial charge on any atom is 0.230 e. The molecule has 212 valence electrons. The summed E-state index contributed by atoms with van der Waals surface area (Å²) in [5.74, 6) is 1.32. The van der Waals surface area contributed by atoms with Crippen LogP contribution in [0.2, 0.25) is 0 Å². The number of hydrogen-bond acceptors (Lipinski definition) is 4. The molecule has 39 heavy (non-hydrogen) atoms. The van der Waals surface area contributed by atoms with E-state index in [2.05, 4.69) is 13.0 Å². The molecule has 2 fully saturated rings. The molecule has 0 spiro atoms. The number of para-hydroxylation sites is 2. The van der Waals surface area contributed by atoms with Gasteiger partial charge >= 0.3 is 0 Å². The van der Waals surface area contributed by atoms with Crippen molar-refractivity contribution in [3.63, 3.8) is 0 Å². The molecule has 1 amide bonds. The van der Waals surface area contributed by atoms with Crippen LogP contribution < -0.4 is 4.90 Å². The molecule has 2 atom stereocenters. The SMILES string of the molecule is CC.CC1=CCC=C(C2CC(=O)N2c2ccccc2)C(O)=C1.CCC(O)C1CCCCC1.Oc1ccccc1. The van der Waals surface area contributed by atoms with E-state index in [0.29, 0.717) is 18.1 Å². The van der Waals surface area contributed by atoms with Crippen molar-refractivity contribution >= 4 is 11.6 Å². The van der Waals surface area contributed by atoms with E-state index in [1.54, 1.807) is 35.2 Å². The van der Waals surface area contributed by atoms with Crippen molar-refractivity contribution in [1.29, 1.82) is 0 Å². The van der Waals surface area contributed by atoms with E-state index in [-0.39, 0.29) is 23.8 Å². The Kier molecular flexibility index (Phi) is 14.2. The standard InChI is InChI=1S/C17H17NO2.C9H18O.C6H6O.C2H6/c1-12-6-5-9-14(16(19)10-12)15-11-17(20)18(15)13-7-3-2-4-8-13;1-2-9(10)8-6-4-3-5-7-8;7-6-4-2-1-3-5-6;1-2/h2-4,6-10,15,19H,5,11H2,1H3;8-10H,2-7H2,1H3;1-5,7H;1-2H3. The van der Waals surface area contributed by atoms with Gasteiger partial charge in [0.15, 0.2) is 0 Å². The van der Waals surface area contributed by atoms with Gasteiger partial charge in [-0.15, -0.1) is 0 Å². The van der Waals surface area contributed by atoms with Crippen LogP contribution in [0.4, 0.5) is 5.69 Å². The summed E-state index contributed by atoms with van der Waals surface area (Å²) in [6, 6.07) is 18.3. The average molecular weight is 534 g/mol. The summed E-state index contributed by atoms with van der Waals surface area (Å²) in [5.41, 5.74) is 2.78. The normalized spacial score (nSPS) is 19.5. The minimum atomic E-state index is -0.0551. The molecule has 0 bridgehead atoms. The molecule has 1 saturated carbocycles. The molecular formula is C34H47NO4. The summed E-state index contributed by atoms with van der Waals surface area (Å²) in [6.45, 7) is 8.03. The van der Waals surface area contributed by atoms with E-state index >= 15 is 0 Å². The highest BCUT2D eigenvalue weighted by atomic mass is 16.3. The van der Waals surface area contributed by atoms with Gasteiger partial charge in [0.1, 0.15) is 11.5 Å². The molecule has 5 nitrogen and oxygen atoms in total. The lowest BCUT2D eigenvalue weighted by atomic mass is 9.84. The number of amides is 1. The summed E-state index contributed by atoms with van der Waals surface area (Å²) < 4.78 is 0. The van der Waals surface area contributed by atoms with Crippen LogP contribution in [0.15, 0.2) is 95.8 Å². The number of rotatable bonds is 4. The van der Waals surface area contributed by atoms with Crippen LogP contribution in [0.1, 0.15) is 79.1 Å². The van der Waals surface area contributed by atoms with Gasteiger partial charge in [-0.3, -0.25) is 4.79 Å². The van der Waals surface area contributed by atoms with Crippen LogP contribution >= 0.6 is 0 Å². The molecule has 5 heteroatoms. The van der Waals surface area contributed by atoms with Crippen LogP contribution in [-0.4, -0.2) is 33.4 Å². The number of benzene rings is 2. The zero-order chi connectivity index (χ0) is 28.6. The first-order valence-electron chi connectivity index (χ1n) is 14.5. The highest BCUT2D eigenvalue weighted by Crippen LogP contribution is 2.35. The molecule has 5 rings (SSSR count). The number of β-lactam (4-membered cyclic amide) rings is 1. The number of phenolic OH excluding ortho intramolecular Hbond substituents is 1. The fourth-order valence-electron chi connectivity index (χ4n) is 5.00. The van der Waals surface area contributed by atoms with Crippen LogP contribution in [-0.2, 0) is 4.79 Å². The third-order valence-electron chi connectivity index (χ3n) is 7.15. The minimum Gasteiger partial charge on any atom is -0.508 e. The minimum absolute atomic E-state index is 0.0136. The molecule has 0 aromatic heterocycles. The quantitative estimate of drug-likeness (QED) is 0.346. The number of carbonyl (C=O) groups excluding carboxylic acids is 1. The van der Waals surface area contributed by atoms with Crippen LogP contribution in [0.3, 0.4) is 0 Å². The van der Waals surface area contributed by atoms with Crippen LogP contribution in [0.25, 0.3) is 0 Å². The van der Waals surface area contributed by atoms with E-state index < -0.39 is 0 Å². The Morgan fingerprint density at radius 2 is 1.49 bits per heavy atom. The van der Waals surface area contributed by atoms with Crippen LogP contribution in [0.5, 0.6) is 5.75 Å². The molecule has 2 unspecified atom stereocenters. The first-order chi connectivity index (χ1) is 18.9. The van der Waals surface area contributed by atoms with Crippen molar-refractivity contribution < 1.29 is 20.1 Å². The molecule has 2 aromatic carbocycles. The summed E-state index contributed by atoms with van der Waals surface area (Å²) in [6.07, 6.45) is 14.6. The number of anilines is 1. The molecular weight excluding hydrogens is 486 g/mol. The molecule has 2 aromatic rings. The van der Waals surface area contributed by atoms with Gasteiger partial charge in [-0.2, -0.15) is 0 Å². The zero-order valence-corrected chi connectivity index (χ0v) is 24.1. The van der Waals surface area contributed by atoms with E-state index in [1.165, 1.54) is 32.1 Å². The largest absolute Gasteiger partial charge is 0.508 e. The van der Waals surface area contributed by atoms with Gasteiger partial charge in [0.2, 0.25) is 5.91 Å². The lowest BCUT2D eigenvalue weighted by molar-refractivity contribution is -0.123. The van der Waals surface area contributed by atoms with E-state index in [4.69, 9.17) is 5.11 Å². The van der Waals surface area contributed by atoms with Crippen LogP contribution in [0, 0.1) is 5.92 Å². The predicted molar refractivity (Wildman–Crippen MR) is 162 cm³/mol. The van der Waals surface area contributed by atoms with E-state index in [1.807, 2.05) is 63.2 Å². The van der Waals surface area contributed by atoms with E-state index in [9.17, 15) is 15.0 Å². The Labute approximate surface area is 235 Å². The van der Waals surface area contributed by atoms with Gasteiger partial charge in [0, 0.05) is 11.3 Å². The fraction of sp³-hybridized carbons (Fsp3) is 0.441. The maximum absolute atomic E-state index is 11.9. The van der Waals surface area contributed by atoms with Gasteiger partial charge in [-0.05, 0) is 68.9 Å². The van der Waals surface area contributed by atoms with Crippen molar-refractivity contribution in [1.82, 2.24) is 0 Å². The van der Waals surface area contributed by atoms with Crippen molar-refractivity contribution in [3.05, 3.63) is 95.8 Å². The Bertz CT molecular complexity index is 1070. The lowest BCUT2D eigenvalue weighted by Gasteiger charge is -2.41. The van der Waals surface area contributed by atoms with Gasteiger partial charge < -0.3 is 20.2 Å². The van der Waals surface area contributed by atoms with Gasteiger partial charge in [-0.25, -0.2) is 0 Å². The number of aliphatic hydroxyl groups excluding tert-OH is 2. The highest BCUT2D eigenvalue weighted by Gasteiger charge is 2.40. The smallest absolute Gasteiger partial charge is 0.230 e. The summed E-state index contributed by atoms with van der Waals surface area (Å²) in [5, 5.41) is 28.3. The van der Waals surface area contributed by atoms with Gasteiger partial charge in [0.05, 0.1) is 18.6 Å². The van der Waals surface area contributed by atoms with Gasteiger partial charge in [-0.1, -0.05) is 94.2 Å². The number of aromatic hydroxyl groups is 1. The Balaban J connectivity index is 0.000000233. The summed E-state index contributed by atoms with van der Waals surface area (Å²) in [4.78, 5) is 13.7. The maximum atomic E-state index is 11.9. The van der Waals surface area contributed by atoms with Crippen molar-refractivity contribution in [3.8, 4) is 5.75 Å². The second-order valence-corrected chi connectivity index (χ2v) is 9.90.